The number of hydrogen-bond donors (Lipinski definition) is 2. The van der Waals surface area contributed by atoms with Crippen molar-refractivity contribution >= 4 is 23.0 Å². The average Bonchev–Trinajstić information content (AvgIpc) is 2.60. The van der Waals surface area contributed by atoms with E-state index < -0.39 is 17.5 Å². The third-order valence-electron chi connectivity index (χ3n) is 3.84. The lowest BCUT2D eigenvalue weighted by molar-refractivity contribution is 0.102. The van der Waals surface area contributed by atoms with Crippen molar-refractivity contribution in [3.63, 3.8) is 0 Å². The second kappa shape index (κ2) is 7.31. The van der Waals surface area contributed by atoms with E-state index in [0.717, 1.165) is 23.0 Å². The zero-order valence-corrected chi connectivity index (χ0v) is 14.3. The molecule has 2 N–H and O–H groups in total. The molecule has 132 valence electrons. The van der Waals surface area contributed by atoms with Crippen LogP contribution < -0.4 is 10.6 Å². The molecule has 4 nitrogen and oxygen atoms in total. The van der Waals surface area contributed by atoms with Gasteiger partial charge in [-0.2, -0.15) is 0 Å². The first-order chi connectivity index (χ1) is 12.4. The summed E-state index contributed by atoms with van der Waals surface area (Å²) in [5, 5.41) is 5.61. The van der Waals surface area contributed by atoms with E-state index in [0.29, 0.717) is 6.07 Å². The van der Waals surface area contributed by atoms with Gasteiger partial charge in [-0.1, -0.05) is 17.7 Å². The Morgan fingerprint density at radius 2 is 1.73 bits per heavy atom. The third-order valence-corrected chi connectivity index (χ3v) is 3.84. The van der Waals surface area contributed by atoms with Crippen LogP contribution in [0, 0.1) is 25.5 Å². The number of nitrogens with one attached hydrogen (secondary N) is 2. The maximum absolute atomic E-state index is 13.6. The van der Waals surface area contributed by atoms with Crippen LogP contribution in [0.15, 0.2) is 54.7 Å². The summed E-state index contributed by atoms with van der Waals surface area (Å²) in [4.78, 5) is 16.3. The van der Waals surface area contributed by atoms with E-state index in [1.165, 1.54) is 23.9 Å². The highest BCUT2D eigenvalue weighted by atomic mass is 19.1. The van der Waals surface area contributed by atoms with Crippen molar-refractivity contribution in [1.82, 2.24) is 4.98 Å². The molecule has 0 unspecified atom stereocenters. The molecule has 0 aliphatic rings. The lowest BCUT2D eigenvalue weighted by Gasteiger charge is -2.11. The molecule has 0 bridgehead atoms. The first kappa shape index (κ1) is 17.5. The lowest BCUT2D eigenvalue weighted by atomic mass is 10.1. The number of nitrogens with zero attached hydrogens (tertiary/aromatic N) is 1. The van der Waals surface area contributed by atoms with E-state index >= 15 is 0 Å². The Hall–Kier alpha value is -3.28. The van der Waals surface area contributed by atoms with Crippen molar-refractivity contribution < 1.29 is 13.6 Å². The van der Waals surface area contributed by atoms with Crippen LogP contribution in [0.1, 0.15) is 21.6 Å². The summed E-state index contributed by atoms with van der Waals surface area (Å²) >= 11 is 0. The fraction of sp³-hybridized carbons (Fsp3) is 0.100. The SMILES string of the molecule is Cc1ccc(Nc2ccc(C(=O)Nc3ccc(F)cc3F)nc2)c(C)c1. The molecule has 0 saturated heterocycles. The highest BCUT2D eigenvalue weighted by Crippen LogP contribution is 2.21. The number of halogens is 2. The molecule has 0 fully saturated rings. The highest BCUT2D eigenvalue weighted by Gasteiger charge is 2.11. The van der Waals surface area contributed by atoms with Gasteiger partial charge in [0.2, 0.25) is 0 Å². The Balaban J connectivity index is 1.71. The van der Waals surface area contributed by atoms with Crippen molar-refractivity contribution in [3.8, 4) is 0 Å². The van der Waals surface area contributed by atoms with Gasteiger partial charge in [0.25, 0.3) is 5.91 Å². The first-order valence-electron chi connectivity index (χ1n) is 7.99. The maximum atomic E-state index is 13.6. The van der Waals surface area contributed by atoms with E-state index in [2.05, 4.69) is 21.7 Å². The van der Waals surface area contributed by atoms with E-state index in [9.17, 15) is 13.6 Å². The van der Waals surface area contributed by atoms with Crippen molar-refractivity contribution in [2.45, 2.75) is 13.8 Å². The molecule has 0 spiro atoms. The Morgan fingerprint density at radius 3 is 2.38 bits per heavy atom. The van der Waals surface area contributed by atoms with Crippen LogP contribution in [0.4, 0.5) is 25.8 Å². The highest BCUT2D eigenvalue weighted by molar-refractivity contribution is 6.03. The summed E-state index contributed by atoms with van der Waals surface area (Å²) in [6, 6.07) is 12.2. The Bertz CT molecular complexity index is 956. The molecule has 1 amide bonds. The van der Waals surface area contributed by atoms with Gasteiger partial charge in [0.15, 0.2) is 0 Å². The maximum Gasteiger partial charge on any atom is 0.274 e. The van der Waals surface area contributed by atoms with Gasteiger partial charge >= 0.3 is 0 Å². The number of aryl methyl sites for hydroxylation is 2. The molecule has 3 aromatic rings. The number of amides is 1. The van der Waals surface area contributed by atoms with E-state index in [-0.39, 0.29) is 11.4 Å². The molecular weight excluding hydrogens is 336 g/mol. The largest absolute Gasteiger partial charge is 0.354 e. The number of pyridine rings is 1. The van der Waals surface area contributed by atoms with Gasteiger partial charge in [0.05, 0.1) is 17.6 Å². The minimum atomic E-state index is -0.841. The zero-order valence-electron chi connectivity index (χ0n) is 14.3. The molecule has 1 heterocycles. The molecule has 0 saturated carbocycles. The quantitative estimate of drug-likeness (QED) is 0.696. The number of carbonyl (C=O) groups is 1. The molecule has 6 heteroatoms. The Morgan fingerprint density at radius 1 is 0.962 bits per heavy atom. The van der Waals surface area contributed by atoms with Crippen LogP contribution in [0.2, 0.25) is 0 Å². The molecule has 3 rings (SSSR count). The molecular formula is C20H17F2N3O. The van der Waals surface area contributed by atoms with Gasteiger partial charge in [-0.15, -0.1) is 0 Å². The summed E-state index contributed by atoms with van der Waals surface area (Å²) < 4.78 is 26.5. The summed E-state index contributed by atoms with van der Waals surface area (Å²) in [5.74, 6) is -2.12. The predicted molar refractivity (Wildman–Crippen MR) is 97.7 cm³/mol. The number of rotatable bonds is 4. The smallest absolute Gasteiger partial charge is 0.274 e. The Labute approximate surface area is 149 Å². The normalized spacial score (nSPS) is 10.5. The van der Waals surface area contributed by atoms with Gasteiger partial charge in [-0.25, -0.2) is 13.8 Å². The molecule has 0 aliphatic heterocycles. The standard InChI is InChI=1S/C20H17F2N3O/c1-12-3-6-17(13(2)9-12)24-15-5-8-19(23-11-15)20(26)25-18-7-4-14(21)10-16(18)22/h3-11,24H,1-2H3,(H,25,26). The molecule has 26 heavy (non-hydrogen) atoms. The average molecular weight is 353 g/mol. The van der Waals surface area contributed by atoms with Gasteiger partial charge < -0.3 is 10.6 Å². The molecule has 0 aliphatic carbocycles. The monoisotopic (exact) mass is 353 g/mol. The van der Waals surface area contributed by atoms with Crippen LogP contribution in [0.25, 0.3) is 0 Å². The van der Waals surface area contributed by atoms with Crippen LogP contribution in [0.3, 0.4) is 0 Å². The molecule has 0 atom stereocenters. The summed E-state index contributed by atoms with van der Waals surface area (Å²) in [6.45, 7) is 4.03. The second-order valence-corrected chi connectivity index (χ2v) is 5.95. The minimum absolute atomic E-state index is 0.101. The predicted octanol–water partition coefficient (Wildman–Crippen LogP) is 4.97. The number of hydrogen-bond acceptors (Lipinski definition) is 3. The van der Waals surface area contributed by atoms with E-state index in [4.69, 9.17) is 0 Å². The van der Waals surface area contributed by atoms with Crippen LogP contribution in [-0.2, 0) is 0 Å². The van der Waals surface area contributed by atoms with Crippen LogP contribution in [-0.4, -0.2) is 10.9 Å². The summed E-state index contributed by atoms with van der Waals surface area (Å²) in [7, 11) is 0. The minimum Gasteiger partial charge on any atom is -0.354 e. The fourth-order valence-electron chi connectivity index (χ4n) is 2.49. The van der Waals surface area contributed by atoms with E-state index in [1.807, 2.05) is 26.0 Å². The van der Waals surface area contributed by atoms with Crippen LogP contribution in [0.5, 0.6) is 0 Å². The number of benzene rings is 2. The third kappa shape index (κ3) is 4.03. The fourth-order valence-corrected chi connectivity index (χ4v) is 2.49. The topological polar surface area (TPSA) is 54.0 Å². The van der Waals surface area contributed by atoms with E-state index in [1.54, 1.807) is 6.07 Å². The second-order valence-electron chi connectivity index (χ2n) is 5.95. The Kier molecular flexibility index (Phi) is 4.93. The van der Waals surface area contributed by atoms with Gasteiger partial charge in [0, 0.05) is 11.8 Å². The summed E-state index contributed by atoms with van der Waals surface area (Å²) in [6.07, 6.45) is 1.52. The molecule has 0 radical (unpaired) electrons. The zero-order chi connectivity index (χ0) is 18.7. The van der Waals surface area contributed by atoms with Gasteiger partial charge in [-0.05, 0) is 49.7 Å². The summed E-state index contributed by atoms with van der Waals surface area (Å²) in [5.41, 5.74) is 3.96. The van der Waals surface area contributed by atoms with Gasteiger partial charge in [0.1, 0.15) is 17.3 Å². The molecule has 2 aromatic carbocycles. The number of anilines is 3. The van der Waals surface area contributed by atoms with Crippen molar-refractivity contribution in [3.05, 3.63) is 83.2 Å². The van der Waals surface area contributed by atoms with Crippen molar-refractivity contribution in [2.24, 2.45) is 0 Å². The number of aromatic nitrogens is 1. The molecule has 1 aromatic heterocycles. The van der Waals surface area contributed by atoms with Crippen molar-refractivity contribution in [2.75, 3.05) is 10.6 Å². The first-order valence-corrected chi connectivity index (χ1v) is 7.99. The van der Waals surface area contributed by atoms with Crippen molar-refractivity contribution in [1.29, 1.82) is 0 Å². The van der Waals surface area contributed by atoms with Gasteiger partial charge in [-0.3, -0.25) is 4.79 Å². The number of carbonyl (C=O) groups excluding carboxylic acids is 1. The van der Waals surface area contributed by atoms with Crippen LogP contribution >= 0.6 is 0 Å². The lowest BCUT2D eigenvalue weighted by Crippen LogP contribution is -2.14.